The first-order valence-electron chi connectivity index (χ1n) is 19.9. The van der Waals surface area contributed by atoms with Gasteiger partial charge in [0.05, 0.1) is 5.69 Å². The van der Waals surface area contributed by atoms with Gasteiger partial charge in [-0.25, -0.2) is 0 Å². The minimum atomic E-state index is 0.171. The summed E-state index contributed by atoms with van der Waals surface area (Å²) in [6.45, 7) is 9.60. The van der Waals surface area contributed by atoms with Gasteiger partial charge in [-0.2, -0.15) is 0 Å². The zero-order valence-corrected chi connectivity index (χ0v) is 32.8. The number of rotatable bonds is 8. The molecule has 1 aliphatic rings. The number of anilines is 6. The molecule has 0 bridgehead atoms. The van der Waals surface area contributed by atoms with Gasteiger partial charge in [-0.1, -0.05) is 155 Å². The molecule has 8 aromatic carbocycles. The third kappa shape index (κ3) is 6.66. The maximum Gasteiger partial charge on any atom is 0.0540 e. The Morgan fingerprint density at radius 1 is 0.339 bits per heavy atom. The van der Waals surface area contributed by atoms with Gasteiger partial charge in [-0.05, 0) is 129 Å². The van der Waals surface area contributed by atoms with Gasteiger partial charge in [0.15, 0.2) is 0 Å². The molecule has 0 aliphatic heterocycles. The molecule has 56 heavy (non-hydrogen) atoms. The fraction of sp³-hybridized carbons (Fsp3) is 0.148. The summed E-state index contributed by atoms with van der Waals surface area (Å²) in [7, 11) is 0. The summed E-state index contributed by atoms with van der Waals surface area (Å²) in [5.41, 5.74) is 15.0. The molecule has 0 atom stereocenters. The number of nitrogens with zero attached hydrogens (tertiary/aromatic N) is 2. The Morgan fingerprint density at radius 2 is 0.750 bits per heavy atom. The van der Waals surface area contributed by atoms with Crippen molar-refractivity contribution in [1.29, 1.82) is 0 Å². The van der Waals surface area contributed by atoms with E-state index < -0.39 is 0 Å². The number of hydrogen-bond acceptors (Lipinski definition) is 2. The first-order valence-corrected chi connectivity index (χ1v) is 19.9. The second-order valence-corrected chi connectivity index (χ2v) is 16.5. The van der Waals surface area contributed by atoms with Crippen LogP contribution in [0, 0.1) is 0 Å². The molecule has 0 heterocycles. The molecule has 0 saturated carbocycles. The van der Waals surface area contributed by atoms with Gasteiger partial charge in [-0.3, -0.25) is 0 Å². The Balaban J connectivity index is 1.06. The van der Waals surface area contributed by atoms with Gasteiger partial charge in [0.25, 0.3) is 0 Å². The van der Waals surface area contributed by atoms with Crippen LogP contribution >= 0.6 is 0 Å². The van der Waals surface area contributed by atoms with Crippen LogP contribution in [-0.2, 0) is 10.8 Å². The topological polar surface area (TPSA) is 6.48 Å². The van der Waals surface area contributed by atoms with Crippen LogP contribution in [0.4, 0.5) is 34.1 Å². The first-order chi connectivity index (χ1) is 27.2. The molecule has 0 unspecified atom stereocenters. The minimum Gasteiger partial charge on any atom is -0.311 e. The lowest BCUT2D eigenvalue weighted by Gasteiger charge is -2.42. The van der Waals surface area contributed by atoms with Gasteiger partial charge in [0.2, 0.25) is 0 Å². The van der Waals surface area contributed by atoms with E-state index in [2.05, 4.69) is 232 Å². The molecule has 2 heteroatoms. The van der Waals surface area contributed by atoms with E-state index in [4.69, 9.17) is 0 Å². The van der Waals surface area contributed by atoms with E-state index in [0.717, 1.165) is 34.1 Å². The molecule has 0 saturated heterocycles. The van der Waals surface area contributed by atoms with Gasteiger partial charge in [-0.15, -0.1) is 0 Å². The lowest BCUT2D eigenvalue weighted by molar-refractivity contribution is 0.332. The standard InChI is InChI=1S/C54H48N2/c1-53(2)36-37-54(3,4)51-38-43(28-35-50(51)53)41-26-33-48(34-27-41)56(52-21-13-15-42-14-11-12-20-49(42)52)47-31-24-40(25-32-47)39-22-29-46(30-23-39)55(44-16-7-5-8-17-44)45-18-9-6-10-19-45/h5-35,38H,36-37H2,1-4H3. The summed E-state index contributed by atoms with van der Waals surface area (Å²) in [6, 6.07) is 70.6. The van der Waals surface area contributed by atoms with Crippen LogP contribution in [-0.4, -0.2) is 0 Å². The summed E-state index contributed by atoms with van der Waals surface area (Å²) < 4.78 is 0. The molecule has 0 fully saturated rings. The molecule has 0 N–H and O–H groups in total. The molecule has 0 amide bonds. The van der Waals surface area contributed by atoms with Gasteiger partial charge >= 0.3 is 0 Å². The second-order valence-electron chi connectivity index (χ2n) is 16.5. The number of fused-ring (bicyclic) bond motifs is 2. The molecule has 2 nitrogen and oxygen atoms in total. The SMILES string of the molecule is CC1(C)CCC(C)(C)c2cc(-c3ccc(N(c4ccc(-c5ccc(N(c6ccccc6)c6ccccc6)cc5)cc4)c4cccc5ccccc45)cc3)ccc21. The largest absolute Gasteiger partial charge is 0.311 e. The zero-order valence-electron chi connectivity index (χ0n) is 32.8. The molecular weight excluding hydrogens is 677 g/mol. The Kier molecular flexibility index (Phi) is 9.06. The van der Waals surface area contributed by atoms with E-state index in [1.165, 1.54) is 57.0 Å². The second kappa shape index (κ2) is 14.4. The molecule has 1 aliphatic carbocycles. The molecule has 0 spiro atoms. The number of hydrogen-bond donors (Lipinski definition) is 0. The normalized spacial score (nSPS) is 14.2. The van der Waals surface area contributed by atoms with Crippen molar-refractivity contribution in [2.75, 3.05) is 9.80 Å². The van der Waals surface area contributed by atoms with Gasteiger partial charge in [0, 0.05) is 33.8 Å². The van der Waals surface area contributed by atoms with E-state index in [1.807, 2.05) is 0 Å². The molecule has 0 radical (unpaired) electrons. The predicted molar refractivity (Wildman–Crippen MR) is 239 cm³/mol. The molecular formula is C54H48N2. The van der Waals surface area contributed by atoms with E-state index in [0.29, 0.717) is 0 Å². The first kappa shape index (κ1) is 35.3. The van der Waals surface area contributed by atoms with Crippen molar-refractivity contribution < 1.29 is 0 Å². The molecule has 0 aromatic heterocycles. The number of benzene rings is 8. The fourth-order valence-electron chi connectivity index (χ4n) is 8.61. The van der Waals surface area contributed by atoms with Crippen molar-refractivity contribution in [2.24, 2.45) is 0 Å². The maximum absolute atomic E-state index is 2.46. The monoisotopic (exact) mass is 724 g/mol. The minimum absolute atomic E-state index is 0.171. The van der Waals surface area contributed by atoms with Crippen LogP contribution in [0.2, 0.25) is 0 Å². The highest BCUT2D eigenvalue weighted by molar-refractivity contribution is 5.99. The summed E-state index contributed by atoms with van der Waals surface area (Å²) in [5, 5.41) is 2.45. The zero-order chi connectivity index (χ0) is 38.3. The van der Waals surface area contributed by atoms with Crippen LogP contribution in [0.5, 0.6) is 0 Å². The van der Waals surface area contributed by atoms with E-state index in [9.17, 15) is 0 Å². The van der Waals surface area contributed by atoms with Gasteiger partial charge < -0.3 is 9.80 Å². The molecule has 9 rings (SSSR count). The average Bonchev–Trinajstić information content (AvgIpc) is 3.24. The highest BCUT2D eigenvalue weighted by atomic mass is 15.1. The predicted octanol–water partition coefficient (Wildman–Crippen LogP) is 15.5. The number of para-hydroxylation sites is 2. The highest BCUT2D eigenvalue weighted by Gasteiger charge is 2.37. The van der Waals surface area contributed by atoms with E-state index >= 15 is 0 Å². The fourth-order valence-corrected chi connectivity index (χ4v) is 8.61. The Labute approximate surface area is 332 Å². The average molecular weight is 725 g/mol. The van der Waals surface area contributed by atoms with Crippen LogP contribution in [0.1, 0.15) is 51.7 Å². The quantitative estimate of drug-likeness (QED) is 0.154. The van der Waals surface area contributed by atoms with Crippen LogP contribution in [0.15, 0.2) is 194 Å². The van der Waals surface area contributed by atoms with E-state index in [-0.39, 0.29) is 10.8 Å². The van der Waals surface area contributed by atoms with Crippen molar-refractivity contribution in [2.45, 2.75) is 51.4 Å². The summed E-state index contributed by atoms with van der Waals surface area (Å²) >= 11 is 0. The van der Waals surface area contributed by atoms with Crippen molar-refractivity contribution >= 4 is 44.9 Å². The van der Waals surface area contributed by atoms with E-state index in [1.54, 1.807) is 0 Å². The molecule has 8 aromatic rings. The summed E-state index contributed by atoms with van der Waals surface area (Å²) in [5.74, 6) is 0. The highest BCUT2D eigenvalue weighted by Crippen LogP contribution is 2.47. The van der Waals surface area contributed by atoms with Crippen molar-refractivity contribution in [3.8, 4) is 22.3 Å². The van der Waals surface area contributed by atoms with Crippen molar-refractivity contribution in [3.05, 3.63) is 205 Å². The summed E-state index contributed by atoms with van der Waals surface area (Å²) in [6.07, 6.45) is 2.43. The maximum atomic E-state index is 2.46. The van der Waals surface area contributed by atoms with Crippen LogP contribution in [0.3, 0.4) is 0 Å². The van der Waals surface area contributed by atoms with Gasteiger partial charge in [0.1, 0.15) is 0 Å². The third-order valence-corrected chi connectivity index (χ3v) is 11.9. The lowest BCUT2D eigenvalue weighted by Crippen LogP contribution is -2.33. The Bertz CT molecular complexity index is 2560. The lowest BCUT2D eigenvalue weighted by atomic mass is 9.63. The van der Waals surface area contributed by atoms with Crippen LogP contribution < -0.4 is 9.80 Å². The van der Waals surface area contributed by atoms with Crippen LogP contribution in [0.25, 0.3) is 33.0 Å². The van der Waals surface area contributed by atoms with Crippen molar-refractivity contribution in [1.82, 2.24) is 0 Å². The molecule has 274 valence electrons. The Morgan fingerprint density at radius 3 is 1.30 bits per heavy atom. The smallest absolute Gasteiger partial charge is 0.0540 e. The third-order valence-electron chi connectivity index (χ3n) is 11.9. The van der Waals surface area contributed by atoms with Crippen molar-refractivity contribution in [3.63, 3.8) is 0 Å². The Hall–Kier alpha value is -6.38. The summed E-state index contributed by atoms with van der Waals surface area (Å²) in [4.78, 5) is 4.70.